The Morgan fingerprint density at radius 3 is 2.27 bits per heavy atom. The van der Waals surface area contributed by atoms with Crippen LogP contribution in [0.3, 0.4) is 0 Å². The molecule has 2 saturated carbocycles. The van der Waals surface area contributed by atoms with E-state index in [1.807, 2.05) is 0 Å². The Morgan fingerprint density at radius 1 is 1.07 bits per heavy atom. The van der Waals surface area contributed by atoms with Crippen LogP contribution in [0, 0.1) is 29.6 Å². The summed E-state index contributed by atoms with van der Waals surface area (Å²) >= 11 is 0. The van der Waals surface area contributed by atoms with Crippen molar-refractivity contribution in [3.63, 3.8) is 0 Å². The maximum atomic E-state index is 12.2. The molecule has 0 spiro atoms. The average molecular weight is 208 g/mol. The Bertz CT molecular complexity index is 242. The van der Waals surface area contributed by atoms with Crippen LogP contribution in [-0.4, -0.2) is 5.78 Å². The van der Waals surface area contributed by atoms with E-state index in [2.05, 4.69) is 20.8 Å². The molecule has 0 N–H and O–H groups in total. The SMILES string of the molecule is CC1CCC(C(=O)C(C)C2CC2)CC1C. The van der Waals surface area contributed by atoms with Crippen LogP contribution < -0.4 is 0 Å². The van der Waals surface area contributed by atoms with Gasteiger partial charge in [0, 0.05) is 11.8 Å². The van der Waals surface area contributed by atoms with Gasteiger partial charge in [-0.1, -0.05) is 20.8 Å². The highest BCUT2D eigenvalue weighted by molar-refractivity contribution is 5.83. The minimum Gasteiger partial charge on any atom is -0.299 e. The summed E-state index contributed by atoms with van der Waals surface area (Å²) in [7, 11) is 0. The highest BCUT2D eigenvalue weighted by Crippen LogP contribution is 2.41. The van der Waals surface area contributed by atoms with Crippen LogP contribution in [0.15, 0.2) is 0 Å². The van der Waals surface area contributed by atoms with Gasteiger partial charge in [-0.05, 0) is 49.9 Å². The average Bonchev–Trinajstić information content (AvgIpc) is 3.03. The summed E-state index contributed by atoms with van der Waals surface area (Å²) in [5.74, 6) is 3.65. The van der Waals surface area contributed by atoms with E-state index in [1.54, 1.807) is 0 Å². The van der Waals surface area contributed by atoms with E-state index >= 15 is 0 Å². The van der Waals surface area contributed by atoms with Crippen molar-refractivity contribution >= 4 is 5.78 Å². The Balaban J connectivity index is 1.90. The topological polar surface area (TPSA) is 17.1 Å². The van der Waals surface area contributed by atoms with E-state index in [1.165, 1.54) is 19.3 Å². The summed E-state index contributed by atoms with van der Waals surface area (Å²) in [4.78, 5) is 12.2. The standard InChI is InChI=1S/C14H24O/c1-9-4-5-13(8-10(9)2)14(15)11(3)12-6-7-12/h9-13H,4-8H2,1-3H3. The third kappa shape index (κ3) is 2.43. The van der Waals surface area contributed by atoms with E-state index < -0.39 is 0 Å². The lowest BCUT2D eigenvalue weighted by Crippen LogP contribution is -2.30. The number of Topliss-reactive ketones (excluding diaryl/α,β-unsaturated/α-hetero) is 1. The number of carbonyl (C=O) groups excluding carboxylic acids is 1. The molecule has 0 aromatic carbocycles. The zero-order chi connectivity index (χ0) is 11.0. The van der Waals surface area contributed by atoms with Crippen LogP contribution in [0.2, 0.25) is 0 Å². The van der Waals surface area contributed by atoms with Crippen molar-refractivity contribution in [2.24, 2.45) is 29.6 Å². The van der Waals surface area contributed by atoms with Gasteiger partial charge in [-0.3, -0.25) is 4.79 Å². The summed E-state index contributed by atoms with van der Waals surface area (Å²) in [6.07, 6.45) is 6.16. The van der Waals surface area contributed by atoms with Crippen LogP contribution in [0.1, 0.15) is 52.9 Å². The smallest absolute Gasteiger partial charge is 0.139 e. The van der Waals surface area contributed by atoms with Gasteiger partial charge >= 0.3 is 0 Å². The molecule has 1 nitrogen and oxygen atoms in total. The van der Waals surface area contributed by atoms with Gasteiger partial charge in [0.15, 0.2) is 0 Å². The highest BCUT2D eigenvalue weighted by atomic mass is 16.1. The summed E-state index contributed by atoms with van der Waals surface area (Å²) < 4.78 is 0. The molecule has 0 amide bonds. The first-order valence-corrected chi connectivity index (χ1v) is 6.63. The lowest BCUT2D eigenvalue weighted by molar-refractivity contribution is -0.128. The van der Waals surface area contributed by atoms with Gasteiger partial charge in [0.1, 0.15) is 5.78 Å². The lowest BCUT2D eigenvalue weighted by Gasteiger charge is -2.32. The van der Waals surface area contributed by atoms with E-state index in [4.69, 9.17) is 0 Å². The van der Waals surface area contributed by atoms with Crippen molar-refractivity contribution < 1.29 is 4.79 Å². The first-order valence-electron chi connectivity index (χ1n) is 6.63. The third-order valence-electron chi connectivity index (χ3n) is 4.78. The third-order valence-corrected chi connectivity index (χ3v) is 4.78. The van der Waals surface area contributed by atoms with Gasteiger partial charge in [0.25, 0.3) is 0 Å². The van der Waals surface area contributed by atoms with Crippen LogP contribution in [0.25, 0.3) is 0 Å². The fourth-order valence-corrected chi connectivity index (χ4v) is 3.01. The first kappa shape index (κ1) is 11.2. The maximum Gasteiger partial charge on any atom is 0.139 e. The molecule has 0 heterocycles. The lowest BCUT2D eigenvalue weighted by atomic mass is 9.72. The van der Waals surface area contributed by atoms with E-state index in [-0.39, 0.29) is 0 Å². The molecule has 86 valence electrons. The van der Waals surface area contributed by atoms with Gasteiger partial charge in [0.2, 0.25) is 0 Å². The zero-order valence-electron chi connectivity index (χ0n) is 10.3. The van der Waals surface area contributed by atoms with Crippen molar-refractivity contribution in [2.45, 2.75) is 52.9 Å². The maximum absolute atomic E-state index is 12.2. The molecule has 0 bridgehead atoms. The minimum absolute atomic E-state index is 0.357. The second-order valence-corrected chi connectivity index (χ2v) is 5.99. The number of rotatable bonds is 3. The van der Waals surface area contributed by atoms with Gasteiger partial charge in [-0.25, -0.2) is 0 Å². The summed E-state index contributed by atoms with van der Waals surface area (Å²) in [5.41, 5.74) is 0. The van der Waals surface area contributed by atoms with Crippen molar-refractivity contribution in [1.29, 1.82) is 0 Å². The Morgan fingerprint density at radius 2 is 1.73 bits per heavy atom. The molecule has 0 aromatic rings. The minimum atomic E-state index is 0.357. The molecule has 15 heavy (non-hydrogen) atoms. The fourth-order valence-electron chi connectivity index (χ4n) is 3.01. The molecule has 4 atom stereocenters. The molecule has 1 heteroatoms. The van der Waals surface area contributed by atoms with Crippen molar-refractivity contribution in [3.05, 3.63) is 0 Å². The van der Waals surface area contributed by atoms with E-state index in [0.29, 0.717) is 17.6 Å². The van der Waals surface area contributed by atoms with Gasteiger partial charge in [0.05, 0.1) is 0 Å². The van der Waals surface area contributed by atoms with Gasteiger partial charge in [-0.2, -0.15) is 0 Å². The van der Waals surface area contributed by atoms with Crippen LogP contribution in [0.4, 0.5) is 0 Å². The molecule has 2 rings (SSSR count). The zero-order valence-corrected chi connectivity index (χ0v) is 10.3. The van der Waals surface area contributed by atoms with Crippen molar-refractivity contribution in [2.75, 3.05) is 0 Å². The summed E-state index contributed by atoms with van der Waals surface area (Å²) in [6, 6.07) is 0. The number of hydrogen-bond acceptors (Lipinski definition) is 1. The fraction of sp³-hybridized carbons (Fsp3) is 0.929. The van der Waals surface area contributed by atoms with E-state index in [0.717, 1.165) is 30.6 Å². The number of ketones is 1. The Labute approximate surface area is 93.6 Å². The quantitative estimate of drug-likeness (QED) is 0.691. The molecule has 0 saturated heterocycles. The van der Waals surface area contributed by atoms with Crippen LogP contribution in [-0.2, 0) is 4.79 Å². The summed E-state index contributed by atoms with van der Waals surface area (Å²) in [5, 5.41) is 0. The first-order chi connectivity index (χ1) is 7.09. The predicted molar refractivity (Wildman–Crippen MR) is 62.6 cm³/mol. The molecular formula is C14H24O. The molecule has 4 unspecified atom stereocenters. The molecule has 2 fully saturated rings. The Kier molecular flexibility index (Phi) is 3.18. The second-order valence-electron chi connectivity index (χ2n) is 5.99. The normalized spacial score (nSPS) is 38.7. The largest absolute Gasteiger partial charge is 0.299 e. The second kappa shape index (κ2) is 4.27. The van der Waals surface area contributed by atoms with Crippen molar-refractivity contribution in [1.82, 2.24) is 0 Å². The number of hydrogen-bond donors (Lipinski definition) is 0. The van der Waals surface area contributed by atoms with Crippen LogP contribution in [0.5, 0.6) is 0 Å². The Hall–Kier alpha value is -0.330. The molecule has 0 radical (unpaired) electrons. The predicted octanol–water partition coefficient (Wildman–Crippen LogP) is 3.67. The van der Waals surface area contributed by atoms with Crippen LogP contribution >= 0.6 is 0 Å². The molecular weight excluding hydrogens is 184 g/mol. The molecule has 0 aliphatic heterocycles. The van der Waals surface area contributed by atoms with Crippen molar-refractivity contribution in [3.8, 4) is 0 Å². The monoisotopic (exact) mass is 208 g/mol. The molecule has 2 aliphatic rings. The van der Waals surface area contributed by atoms with E-state index in [9.17, 15) is 4.79 Å². The highest BCUT2D eigenvalue weighted by Gasteiger charge is 2.37. The molecule has 2 aliphatic carbocycles. The van der Waals surface area contributed by atoms with Gasteiger partial charge < -0.3 is 0 Å². The van der Waals surface area contributed by atoms with Gasteiger partial charge in [-0.15, -0.1) is 0 Å². The summed E-state index contributed by atoms with van der Waals surface area (Å²) in [6.45, 7) is 6.80. The molecule has 0 aromatic heterocycles. The number of carbonyl (C=O) groups is 1.